The SMILES string of the molecule is CCN(CC(F)(F)F)C(=O)[C@H](N)C(C)(C)C. The van der Waals surface area contributed by atoms with Crippen molar-refractivity contribution < 1.29 is 18.0 Å². The van der Waals surface area contributed by atoms with E-state index in [1.165, 1.54) is 6.92 Å². The van der Waals surface area contributed by atoms with Crippen molar-refractivity contribution in [2.75, 3.05) is 13.1 Å². The second-order valence-corrected chi connectivity index (χ2v) is 4.81. The lowest BCUT2D eigenvalue weighted by atomic mass is 9.86. The van der Waals surface area contributed by atoms with Gasteiger partial charge in [-0.15, -0.1) is 0 Å². The molecule has 0 rings (SSSR count). The molecule has 0 unspecified atom stereocenters. The van der Waals surface area contributed by atoms with Gasteiger partial charge in [-0.25, -0.2) is 0 Å². The number of carbonyl (C=O) groups excluding carboxylic acids is 1. The molecule has 2 N–H and O–H groups in total. The molecule has 0 radical (unpaired) electrons. The molecule has 0 aliphatic carbocycles. The van der Waals surface area contributed by atoms with E-state index in [1.54, 1.807) is 20.8 Å². The molecule has 3 nitrogen and oxygen atoms in total. The van der Waals surface area contributed by atoms with Gasteiger partial charge in [0.25, 0.3) is 0 Å². The lowest BCUT2D eigenvalue weighted by molar-refractivity contribution is -0.162. The van der Waals surface area contributed by atoms with Gasteiger partial charge in [0.05, 0.1) is 6.04 Å². The van der Waals surface area contributed by atoms with Crippen molar-refractivity contribution >= 4 is 5.91 Å². The summed E-state index contributed by atoms with van der Waals surface area (Å²) in [6, 6.07) is -0.921. The minimum atomic E-state index is -4.39. The molecule has 0 saturated heterocycles. The van der Waals surface area contributed by atoms with E-state index in [9.17, 15) is 18.0 Å². The maximum atomic E-state index is 12.2. The van der Waals surface area contributed by atoms with Crippen LogP contribution in [0.3, 0.4) is 0 Å². The summed E-state index contributed by atoms with van der Waals surface area (Å²) in [6.45, 7) is 5.41. The van der Waals surface area contributed by atoms with Crippen LogP contribution in [0.4, 0.5) is 13.2 Å². The lowest BCUT2D eigenvalue weighted by Crippen LogP contribution is -2.52. The molecule has 0 aromatic heterocycles. The highest BCUT2D eigenvalue weighted by atomic mass is 19.4. The fraction of sp³-hybridized carbons (Fsp3) is 0.900. The highest BCUT2D eigenvalue weighted by Crippen LogP contribution is 2.21. The van der Waals surface area contributed by atoms with Crippen molar-refractivity contribution in [3.63, 3.8) is 0 Å². The Bertz CT molecular complexity index is 245. The van der Waals surface area contributed by atoms with Gasteiger partial charge in [-0.05, 0) is 12.3 Å². The second-order valence-electron chi connectivity index (χ2n) is 4.81. The van der Waals surface area contributed by atoms with E-state index in [1.807, 2.05) is 0 Å². The first-order valence-electron chi connectivity index (χ1n) is 5.10. The summed E-state index contributed by atoms with van der Waals surface area (Å²) in [4.78, 5) is 12.4. The molecule has 96 valence electrons. The van der Waals surface area contributed by atoms with E-state index < -0.39 is 30.1 Å². The van der Waals surface area contributed by atoms with Gasteiger partial charge in [-0.2, -0.15) is 13.2 Å². The van der Waals surface area contributed by atoms with E-state index in [-0.39, 0.29) is 6.54 Å². The normalized spacial score (nSPS) is 14.8. The van der Waals surface area contributed by atoms with Crippen molar-refractivity contribution in [2.24, 2.45) is 11.1 Å². The standard InChI is InChI=1S/C10H19F3N2O/c1-5-15(6-10(11,12)13)8(16)7(14)9(2,3)4/h7H,5-6,14H2,1-4H3/t7-/m0/s1. The summed E-state index contributed by atoms with van der Waals surface area (Å²) in [7, 11) is 0. The molecular weight excluding hydrogens is 221 g/mol. The Morgan fingerprint density at radius 3 is 2.00 bits per heavy atom. The van der Waals surface area contributed by atoms with Crippen LogP contribution >= 0.6 is 0 Å². The molecule has 0 fully saturated rings. The van der Waals surface area contributed by atoms with E-state index in [4.69, 9.17) is 5.73 Å². The zero-order valence-corrected chi connectivity index (χ0v) is 10.1. The van der Waals surface area contributed by atoms with Crippen LogP contribution in [0.2, 0.25) is 0 Å². The summed E-state index contributed by atoms with van der Waals surface area (Å²) in [6.07, 6.45) is -4.39. The molecule has 0 aromatic rings. The Morgan fingerprint density at radius 1 is 1.31 bits per heavy atom. The van der Waals surface area contributed by atoms with Gasteiger partial charge in [0.15, 0.2) is 0 Å². The van der Waals surface area contributed by atoms with Crippen molar-refractivity contribution in [3.05, 3.63) is 0 Å². The van der Waals surface area contributed by atoms with Crippen molar-refractivity contribution in [3.8, 4) is 0 Å². The maximum Gasteiger partial charge on any atom is 0.406 e. The fourth-order valence-electron chi connectivity index (χ4n) is 1.13. The monoisotopic (exact) mass is 240 g/mol. The highest BCUT2D eigenvalue weighted by Gasteiger charge is 2.36. The highest BCUT2D eigenvalue weighted by molar-refractivity contribution is 5.82. The van der Waals surface area contributed by atoms with Crippen LogP contribution in [0.1, 0.15) is 27.7 Å². The third kappa shape index (κ3) is 4.83. The van der Waals surface area contributed by atoms with Gasteiger partial charge in [-0.3, -0.25) is 4.79 Å². The average molecular weight is 240 g/mol. The Labute approximate surface area is 93.8 Å². The number of halogens is 3. The van der Waals surface area contributed by atoms with E-state index >= 15 is 0 Å². The number of hydrogen-bond donors (Lipinski definition) is 1. The summed E-state index contributed by atoms with van der Waals surface area (Å²) in [5, 5.41) is 0. The molecular formula is C10H19F3N2O. The fourth-order valence-corrected chi connectivity index (χ4v) is 1.13. The van der Waals surface area contributed by atoms with Crippen LogP contribution in [-0.2, 0) is 4.79 Å². The topological polar surface area (TPSA) is 46.3 Å². The van der Waals surface area contributed by atoms with Gasteiger partial charge in [-0.1, -0.05) is 20.8 Å². The number of nitrogens with two attached hydrogens (primary N) is 1. The molecule has 16 heavy (non-hydrogen) atoms. The second kappa shape index (κ2) is 5.03. The zero-order valence-electron chi connectivity index (χ0n) is 10.1. The van der Waals surface area contributed by atoms with Gasteiger partial charge in [0.2, 0.25) is 5.91 Å². The van der Waals surface area contributed by atoms with Crippen molar-refractivity contribution in [2.45, 2.75) is 39.9 Å². The first-order chi connectivity index (χ1) is 6.99. The van der Waals surface area contributed by atoms with Gasteiger partial charge < -0.3 is 10.6 Å². The number of rotatable bonds is 3. The predicted molar refractivity (Wildman–Crippen MR) is 55.7 cm³/mol. The molecule has 1 amide bonds. The van der Waals surface area contributed by atoms with Crippen LogP contribution in [0, 0.1) is 5.41 Å². The number of nitrogens with zero attached hydrogens (tertiary/aromatic N) is 1. The van der Waals surface area contributed by atoms with E-state index in [2.05, 4.69) is 0 Å². The van der Waals surface area contributed by atoms with Crippen LogP contribution in [-0.4, -0.2) is 36.1 Å². The molecule has 0 aliphatic heterocycles. The molecule has 0 saturated carbocycles. The molecule has 0 spiro atoms. The van der Waals surface area contributed by atoms with Crippen LogP contribution < -0.4 is 5.73 Å². The first-order valence-corrected chi connectivity index (χ1v) is 5.10. The number of carbonyl (C=O) groups is 1. The third-order valence-electron chi connectivity index (χ3n) is 2.26. The summed E-state index contributed by atoms with van der Waals surface area (Å²) < 4.78 is 36.5. The average Bonchev–Trinajstić information content (AvgIpc) is 2.08. The zero-order chi connectivity index (χ0) is 13.1. The minimum absolute atomic E-state index is 0.00211. The Hall–Kier alpha value is -0.780. The molecule has 0 bridgehead atoms. The summed E-state index contributed by atoms with van der Waals surface area (Å²) >= 11 is 0. The Morgan fingerprint density at radius 2 is 1.75 bits per heavy atom. The number of hydrogen-bond acceptors (Lipinski definition) is 2. The quantitative estimate of drug-likeness (QED) is 0.817. The van der Waals surface area contributed by atoms with Crippen LogP contribution in [0.5, 0.6) is 0 Å². The molecule has 0 aliphatic rings. The summed E-state index contributed by atoms with van der Waals surface area (Å²) in [5.41, 5.74) is 5.09. The molecule has 1 atom stereocenters. The number of amides is 1. The largest absolute Gasteiger partial charge is 0.406 e. The smallest absolute Gasteiger partial charge is 0.333 e. The van der Waals surface area contributed by atoms with Gasteiger partial charge in [0.1, 0.15) is 6.54 Å². The molecule has 0 aromatic carbocycles. The third-order valence-corrected chi connectivity index (χ3v) is 2.26. The van der Waals surface area contributed by atoms with Gasteiger partial charge in [0, 0.05) is 6.54 Å². The lowest BCUT2D eigenvalue weighted by Gasteiger charge is -2.31. The van der Waals surface area contributed by atoms with Crippen LogP contribution in [0.15, 0.2) is 0 Å². The maximum absolute atomic E-state index is 12.2. The van der Waals surface area contributed by atoms with Crippen LogP contribution in [0.25, 0.3) is 0 Å². The van der Waals surface area contributed by atoms with E-state index in [0.717, 1.165) is 4.90 Å². The van der Waals surface area contributed by atoms with E-state index in [0.29, 0.717) is 0 Å². The predicted octanol–water partition coefficient (Wildman–Crippen LogP) is 1.77. The first kappa shape index (κ1) is 15.2. The Kier molecular flexibility index (Phi) is 4.79. The summed E-state index contributed by atoms with van der Waals surface area (Å²) in [5.74, 6) is -0.660. The minimum Gasteiger partial charge on any atom is -0.333 e. The molecule has 0 heterocycles. The van der Waals surface area contributed by atoms with Crippen molar-refractivity contribution in [1.82, 2.24) is 4.90 Å². The number of likely N-dealkylation sites (N-methyl/N-ethyl adjacent to an activating group) is 1. The number of alkyl halides is 3. The Balaban J connectivity index is 4.67. The van der Waals surface area contributed by atoms with Crippen molar-refractivity contribution in [1.29, 1.82) is 0 Å². The molecule has 6 heteroatoms. The van der Waals surface area contributed by atoms with Gasteiger partial charge >= 0.3 is 6.18 Å².